The lowest BCUT2D eigenvalue weighted by molar-refractivity contribution is 0.407. The van der Waals surface area contributed by atoms with Gasteiger partial charge in [-0.1, -0.05) is 0 Å². The van der Waals surface area contributed by atoms with Crippen LogP contribution < -0.4 is 0 Å². The molecule has 0 spiro atoms. The van der Waals surface area contributed by atoms with E-state index >= 15 is 0 Å². The molecule has 0 N–H and O–H groups in total. The van der Waals surface area contributed by atoms with Crippen molar-refractivity contribution < 1.29 is 0 Å². The van der Waals surface area contributed by atoms with Gasteiger partial charge in [0, 0.05) is 38.3 Å². The normalized spacial score (nSPS) is 25.4. The van der Waals surface area contributed by atoms with Crippen LogP contribution in [-0.4, -0.2) is 19.6 Å². The molecule has 2 aromatic rings. The summed E-state index contributed by atoms with van der Waals surface area (Å²) in [5.74, 6) is 1.19. The number of aromatic nitrogens is 4. The fraction of sp³-hybridized carbons (Fsp3) is 0.571. The second kappa shape index (κ2) is 3.46. The molecule has 0 saturated heterocycles. The quantitative estimate of drug-likeness (QED) is 0.707. The van der Waals surface area contributed by atoms with Crippen LogP contribution in [0.5, 0.6) is 0 Å². The van der Waals surface area contributed by atoms with Crippen LogP contribution >= 0.6 is 0 Å². The lowest BCUT2D eigenvalue weighted by atomic mass is 9.70. The summed E-state index contributed by atoms with van der Waals surface area (Å²) in [4.78, 5) is 0. The second-order valence-corrected chi connectivity index (χ2v) is 5.72. The summed E-state index contributed by atoms with van der Waals surface area (Å²) in [5, 5.41) is 9.39. The number of rotatable bonds is 0. The number of hydrogen-bond acceptors (Lipinski definition) is 2. The summed E-state index contributed by atoms with van der Waals surface area (Å²) in [6.07, 6.45) is 9.15. The molecule has 2 atom stereocenters. The van der Waals surface area contributed by atoms with Gasteiger partial charge in [0.05, 0.1) is 11.4 Å². The van der Waals surface area contributed by atoms with Gasteiger partial charge >= 0.3 is 0 Å². The second-order valence-electron chi connectivity index (χ2n) is 5.72. The van der Waals surface area contributed by atoms with E-state index in [4.69, 9.17) is 10.2 Å². The van der Waals surface area contributed by atoms with Gasteiger partial charge in [-0.05, 0) is 36.8 Å². The molecule has 94 valence electrons. The summed E-state index contributed by atoms with van der Waals surface area (Å²) in [6.45, 7) is 0. The van der Waals surface area contributed by atoms with Crippen LogP contribution in [0.25, 0.3) is 0 Å². The van der Waals surface area contributed by atoms with E-state index in [9.17, 15) is 0 Å². The van der Waals surface area contributed by atoms with Crippen LogP contribution in [0.4, 0.5) is 0 Å². The van der Waals surface area contributed by atoms with Gasteiger partial charge in [-0.15, -0.1) is 0 Å². The van der Waals surface area contributed by atoms with Gasteiger partial charge in [0.25, 0.3) is 0 Å². The lowest BCUT2D eigenvalue weighted by Crippen LogP contribution is -2.24. The third-order valence-electron chi connectivity index (χ3n) is 4.51. The first kappa shape index (κ1) is 10.4. The van der Waals surface area contributed by atoms with Crippen LogP contribution in [0.15, 0.2) is 12.4 Å². The van der Waals surface area contributed by atoms with Gasteiger partial charge in [-0.2, -0.15) is 10.2 Å². The highest BCUT2D eigenvalue weighted by Crippen LogP contribution is 2.47. The molecule has 0 aromatic carbocycles. The summed E-state index contributed by atoms with van der Waals surface area (Å²) < 4.78 is 3.95. The van der Waals surface area contributed by atoms with E-state index in [0.717, 1.165) is 12.8 Å². The minimum Gasteiger partial charge on any atom is -0.275 e. The minimum atomic E-state index is 0.595. The first-order valence-electron chi connectivity index (χ1n) is 6.77. The molecule has 4 nitrogen and oxygen atoms in total. The third-order valence-corrected chi connectivity index (χ3v) is 4.51. The van der Waals surface area contributed by atoms with Crippen LogP contribution in [0.1, 0.15) is 47.2 Å². The standard InChI is InChI=1S/C14H18N4/c1-17-7-9-3-5-12-11(13(9)15-17)6-4-10-8-18(2)16-14(10)12/h7-8,11-12H,3-6H2,1-2H3/t11-,12+. The van der Waals surface area contributed by atoms with E-state index in [2.05, 4.69) is 12.4 Å². The van der Waals surface area contributed by atoms with Gasteiger partial charge in [0.1, 0.15) is 0 Å². The summed E-state index contributed by atoms with van der Waals surface area (Å²) in [5.41, 5.74) is 5.59. The summed E-state index contributed by atoms with van der Waals surface area (Å²) in [6, 6.07) is 0. The van der Waals surface area contributed by atoms with Gasteiger partial charge in [0.15, 0.2) is 0 Å². The highest BCUT2D eigenvalue weighted by molar-refractivity contribution is 5.36. The van der Waals surface area contributed by atoms with Crippen LogP contribution in [0.2, 0.25) is 0 Å². The number of aryl methyl sites for hydroxylation is 4. The molecule has 0 aliphatic heterocycles. The SMILES string of the molecule is Cn1cc2c(n1)[C@H]1CCc3cn(C)nc3[C@@H]1CC2. The Bertz CT molecular complexity index is 553. The van der Waals surface area contributed by atoms with E-state index in [1.54, 1.807) is 0 Å². The fourth-order valence-electron chi connectivity index (χ4n) is 3.80. The molecule has 4 heteroatoms. The predicted molar refractivity (Wildman–Crippen MR) is 68.5 cm³/mol. The van der Waals surface area contributed by atoms with Crippen LogP contribution in [0.3, 0.4) is 0 Å². The van der Waals surface area contributed by atoms with Crippen molar-refractivity contribution in [1.29, 1.82) is 0 Å². The fourth-order valence-corrected chi connectivity index (χ4v) is 3.80. The van der Waals surface area contributed by atoms with E-state index in [1.807, 2.05) is 23.5 Å². The Balaban J connectivity index is 1.81. The number of nitrogens with zero attached hydrogens (tertiary/aromatic N) is 4. The van der Waals surface area contributed by atoms with Crippen molar-refractivity contribution in [3.05, 3.63) is 34.9 Å². The predicted octanol–water partition coefficient (Wildman–Crippen LogP) is 1.91. The van der Waals surface area contributed by atoms with Crippen molar-refractivity contribution in [2.45, 2.75) is 37.5 Å². The van der Waals surface area contributed by atoms with Crippen molar-refractivity contribution in [3.63, 3.8) is 0 Å². The molecular weight excluding hydrogens is 224 g/mol. The molecule has 0 fully saturated rings. The number of fused-ring (bicyclic) bond motifs is 5. The smallest absolute Gasteiger partial charge is 0.0694 e. The molecule has 0 saturated carbocycles. The Morgan fingerprint density at radius 3 is 1.78 bits per heavy atom. The monoisotopic (exact) mass is 242 g/mol. The maximum absolute atomic E-state index is 4.70. The highest BCUT2D eigenvalue weighted by Gasteiger charge is 2.38. The van der Waals surface area contributed by atoms with Gasteiger partial charge in [-0.25, -0.2) is 0 Å². The van der Waals surface area contributed by atoms with E-state index in [1.165, 1.54) is 35.4 Å². The molecule has 4 rings (SSSR count). The molecule has 2 aliphatic rings. The Morgan fingerprint density at radius 2 is 1.33 bits per heavy atom. The molecule has 2 aromatic heterocycles. The average Bonchev–Trinajstić information content (AvgIpc) is 2.89. The topological polar surface area (TPSA) is 35.6 Å². The highest BCUT2D eigenvalue weighted by atomic mass is 15.3. The zero-order chi connectivity index (χ0) is 12.3. The third kappa shape index (κ3) is 1.32. The average molecular weight is 242 g/mol. The van der Waals surface area contributed by atoms with E-state index in [-0.39, 0.29) is 0 Å². The molecule has 2 heterocycles. The maximum atomic E-state index is 4.70. The molecule has 0 radical (unpaired) electrons. The summed E-state index contributed by atoms with van der Waals surface area (Å²) >= 11 is 0. The first-order valence-corrected chi connectivity index (χ1v) is 6.77. The minimum absolute atomic E-state index is 0.595. The molecular formula is C14H18N4. The zero-order valence-electron chi connectivity index (χ0n) is 10.9. The van der Waals surface area contributed by atoms with Gasteiger partial charge in [-0.3, -0.25) is 9.36 Å². The molecule has 0 unspecified atom stereocenters. The maximum Gasteiger partial charge on any atom is 0.0694 e. The van der Waals surface area contributed by atoms with Crippen molar-refractivity contribution in [2.75, 3.05) is 0 Å². The Labute approximate surface area is 107 Å². The van der Waals surface area contributed by atoms with E-state index < -0.39 is 0 Å². The largest absolute Gasteiger partial charge is 0.275 e. The molecule has 2 aliphatic carbocycles. The number of hydrogen-bond donors (Lipinski definition) is 0. The van der Waals surface area contributed by atoms with Crippen molar-refractivity contribution >= 4 is 0 Å². The lowest BCUT2D eigenvalue weighted by Gasteiger charge is -2.33. The Kier molecular flexibility index (Phi) is 1.99. The molecule has 0 bridgehead atoms. The van der Waals surface area contributed by atoms with E-state index in [0.29, 0.717) is 11.8 Å². The Morgan fingerprint density at radius 1 is 0.889 bits per heavy atom. The molecule has 18 heavy (non-hydrogen) atoms. The van der Waals surface area contributed by atoms with Gasteiger partial charge < -0.3 is 0 Å². The first-order chi connectivity index (χ1) is 8.72. The summed E-state index contributed by atoms with van der Waals surface area (Å²) in [7, 11) is 4.06. The Hall–Kier alpha value is -1.58. The van der Waals surface area contributed by atoms with Crippen LogP contribution in [-0.2, 0) is 26.9 Å². The van der Waals surface area contributed by atoms with Gasteiger partial charge in [0.2, 0.25) is 0 Å². The zero-order valence-corrected chi connectivity index (χ0v) is 10.9. The molecule has 0 amide bonds. The van der Waals surface area contributed by atoms with Crippen molar-refractivity contribution in [3.8, 4) is 0 Å². The van der Waals surface area contributed by atoms with Crippen molar-refractivity contribution in [1.82, 2.24) is 19.6 Å². The van der Waals surface area contributed by atoms with Crippen molar-refractivity contribution in [2.24, 2.45) is 14.1 Å². The van der Waals surface area contributed by atoms with Crippen LogP contribution in [0, 0.1) is 0 Å².